The van der Waals surface area contributed by atoms with Gasteiger partial charge in [0, 0.05) is 25.6 Å². The highest BCUT2D eigenvalue weighted by Crippen LogP contribution is 2.24. The van der Waals surface area contributed by atoms with Crippen molar-refractivity contribution in [3.63, 3.8) is 0 Å². The number of unbranched alkanes of at least 4 members (excludes halogenated alkanes) is 1. The van der Waals surface area contributed by atoms with Crippen LogP contribution >= 0.6 is 0 Å². The lowest BCUT2D eigenvalue weighted by atomic mass is 10.0. The first-order valence-electron chi connectivity index (χ1n) is 10.3. The van der Waals surface area contributed by atoms with Gasteiger partial charge in [-0.3, -0.25) is 0 Å². The van der Waals surface area contributed by atoms with Crippen molar-refractivity contribution in [3.05, 3.63) is 59.9 Å². The van der Waals surface area contributed by atoms with E-state index in [9.17, 15) is 4.39 Å². The fourth-order valence-corrected chi connectivity index (χ4v) is 3.98. The number of hydrogen-bond donors (Lipinski definition) is 1. The molecule has 0 amide bonds. The summed E-state index contributed by atoms with van der Waals surface area (Å²) in [5.74, 6) is 0.655. The number of nitrogens with one attached hydrogen (secondary N) is 1. The van der Waals surface area contributed by atoms with E-state index in [-0.39, 0.29) is 5.82 Å². The molecule has 1 aliphatic rings. The summed E-state index contributed by atoms with van der Waals surface area (Å²) >= 11 is 0. The van der Waals surface area contributed by atoms with Gasteiger partial charge in [0.1, 0.15) is 5.82 Å². The van der Waals surface area contributed by atoms with Crippen molar-refractivity contribution < 1.29 is 4.39 Å². The molecular weight excluding hydrogens is 365 g/mol. The molecule has 1 fully saturated rings. The normalized spacial score (nSPS) is 15.4. The quantitative estimate of drug-likeness (QED) is 0.607. The zero-order valence-electron chi connectivity index (χ0n) is 16.5. The van der Waals surface area contributed by atoms with Crippen LogP contribution in [-0.4, -0.2) is 40.1 Å². The Morgan fingerprint density at radius 2 is 1.86 bits per heavy atom. The standard InChI is InChI=1S/C23H26FN5/c24-19-9-7-18(8-10-19)17-29-22-6-2-1-5-21(22)27-23(29)26-20-11-15-28(16-12-20)14-4-3-13-25/h1-2,5-10,20H,3-4,11-12,14-17H2,(H,26,27). The molecule has 0 spiro atoms. The number of nitrogens with zero attached hydrogens (tertiary/aromatic N) is 4. The van der Waals surface area contributed by atoms with E-state index in [1.165, 1.54) is 12.1 Å². The molecule has 0 aliphatic carbocycles. The lowest BCUT2D eigenvalue weighted by molar-refractivity contribution is 0.217. The maximum absolute atomic E-state index is 13.3. The molecule has 5 nitrogen and oxygen atoms in total. The summed E-state index contributed by atoms with van der Waals surface area (Å²) in [5.41, 5.74) is 3.09. The number of benzene rings is 2. The minimum absolute atomic E-state index is 0.218. The molecule has 0 radical (unpaired) electrons. The third-order valence-electron chi connectivity index (χ3n) is 5.59. The highest BCUT2D eigenvalue weighted by Gasteiger charge is 2.21. The first-order chi connectivity index (χ1) is 14.2. The summed E-state index contributed by atoms with van der Waals surface area (Å²) in [6, 6.07) is 17.4. The molecule has 6 heteroatoms. The van der Waals surface area contributed by atoms with Gasteiger partial charge in [0.25, 0.3) is 0 Å². The molecule has 1 N–H and O–H groups in total. The van der Waals surface area contributed by atoms with Crippen molar-refractivity contribution in [1.82, 2.24) is 14.5 Å². The second-order valence-electron chi connectivity index (χ2n) is 7.66. The smallest absolute Gasteiger partial charge is 0.204 e. The minimum Gasteiger partial charge on any atom is -0.353 e. The van der Waals surface area contributed by atoms with Crippen LogP contribution in [0.25, 0.3) is 11.0 Å². The number of fused-ring (bicyclic) bond motifs is 1. The number of piperidine rings is 1. The van der Waals surface area contributed by atoms with Crippen molar-refractivity contribution >= 4 is 17.0 Å². The van der Waals surface area contributed by atoms with E-state index in [1.54, 1.807) is 0 Å². The average molecular weight is 391 g/mol. The van der Waals surface area contributed by atoms with E-state index in [1.807, 2.05) is 30.3 Å². The Labute approximate surface area is 170 Å². The number of aromatic nitrogens is 2. The molecule has 3 aromatic rings. The first-order valence-corrected chi connectivity index (χ1v) is 10.3. The van der Waals surface area contributed by atoms with Gasteiger partial charge in [-0.25, -0.2) is 9.37 Å². The molecule has 150 valence electrons. The molecule has 0 saturated carbocycles. The molecule has 4 rings (SSSR count). The van der Waals surface area contributed by atoms with Crippen LogP contribution in [-0.2, 0) is 6.54 Å². The number of nitriles is 1. The van der Waals surface area contributed by atoms with Gasteiger partial charge in [-0.15, -0.1) is 0 Å². The summed E-state index contributed by atoms with van der Waals surface area (Å²) in [6.07, 6.45) is 3.70. The van der Waals surface area contributed by atoms with E-state index in [4.69, 9.17) is 10.2 Å². The monoisotopic (exact) mass is 391 g/mol. The Morgan fingerprint density at radius 3 is 2.62 bits per heavy atom. The van der Waals surface area contributed by atoms with E-state index < -0.39 is 0 Å². The number of likely N-dealkylation sites (tertiary alicyclic amines) is 1. The zero-order chi connectivity index (χ0) is 20.1. The highest BCUT2D eigenvalue weighted by molar-refractivity contribution is 5.78. The van der Waals surface area contributed by atoms with Gasteiger partial charge in [0.2, 0.25) is 5.95 Å². The third kappa shape index (κ3) is 4.75. The fraction of sp³-hybridized carbons (Fsp3) is 0.391. The Hall–Kier alpha value is -2.91. The van der Waals surface area contributed by atoms with Crippen LogP contribution in [0.3, 0.4) is 0 Å². The van der Waals surface area contributed by atoms with Gasteiger partial charge >= 0.3 is 0 Å². The molecule has 1 aromatic heterocycles. The van der Waals surface area contributed by atoms with Gasteiger partial charge in [-0.1, -0.05) is 24.3 Å². The summed E-state index contributed by atoms with van der Waals surface area (Å²) < 4.78 is 15.5. The van der Waals surface area contributed by atoms with Gasteiger partial charge < -0.3 is 14.8 Å². The Bertz CT molecular complexity index is 981. The van der Waals surface area contributed by atoms with E-state index in [0.717, 1.165) is 61.4 Å². The number of para-hydroxylation sites is 2. The Balaban J connectivity index is 1.47. The minimum atomic E-state index is -0.218. The molecule has 2 heterocycles. The lowest BCUT2D eigenvalue weighted by Crippen LogP contribution is -2.39. The van der Waals surface area contributed by atoms with Gasteiger partial charge in [0.15, 0.2) is 0 Å². The van der Waals surface area contributed by atoms with Crippen LogP contribution in [0.5, 0.6) is 0 Å². The molecule has 0 bridgehead atoms. The Kier molecular flexibility index (Phi) is 6.06. The van der Waals surface area contributed by atoms with Crippen molar-refractivity contribution in [2.75, 3.05) is 25.0 Å². The van der Waals surface area contributed by atoms with E-state index >= 15 is 0 Å². The van der Waals surface area contributed by atoms with E-state index in [0.29, 0.717) is 19.0 Å². The molecule has 1 saturated heterocycles. The number of anilines is 1. The SMILES string of the molecule is N#CCCCN1CCC(Nc2nc3ccccc3n2Cc2ccc(F)cc2)CC1. The molecule has 1 aliphatic heterocycles. The average Bonchev–Trinajstić information content (AvgIpc) is 3.08. The number of rotatable bonds is 7. The largest absolute Gasteiger partial charge is 0.353 e. The van der Waals surface area contributed by atoms with Gasteiger partial charge in [-0.2, -0.15) is 5.26 Å². The maximum Gasteiger partial charge on any atom is 0.204 e. The predicted molar refractivity (Wildman–Crippen MR) is 113 cm³/mol. The molecular formula is C23H26FN5. The molecule has 2 aromatic carbocycles. The van der Waals surface area contributed by atoms with Crippen molar-refractivity contribution in [1.29, 1.82) is 5.26 Å². The van der Waals surface area contributed by atoms with Crippen LogP contribution in [0.4, 0.5) is 10.3 Å². The zero-order valence-corrected chi connectivity index (χ0v) is 16.5. The van der Waals surface area contributed by atoms with Gasteiger partial charge in [0.05, 0.1) is 23.6 Å². The molecule has 0 atom stereocenters. The maximum atomic E-state index is 13.3. The third-order valence-corrected chi connectivity index (χ3v) is 5.59. The summed E-state index contributed by atoms with van der Waals surface area (Å²) in [7, 11) is 0. The van der Waals surface area contributed by atoms with Crippen molar-refractivity contribution in [2.45, 2.75) is 38.3 Å². The second kappa shape index (κ2) is 9.06. The summed E-state index contributed by atoms with van der Waals surface area (Å²) in [5, 5.41) is 12.4. The van der Waals surface area contributed by atoms with Crippen LogP contribution in [0.15, 0.2) is 48.5 Å². The lowest BCUT2D eigenvalue weighted by Gasteiger charge is -2.32. The molecule has 29 heavy (non-hydrogen) atoms. The van der Waals surface area contributed by atoms with Crippen molar-refractivity contribution in [3.8, 4) is 6.07 Å². The topological polar surface area (TPSA) is 56.9 Å². The summed E-state index contributed by atoms with van der Waals surface area (Å²) in [4.78, 5) is 7.27. The van der Waals surface area contributed by atoms with Crippen LogP contribution in [0, 0.1) is 17.1 Å². The first kappa shape index (κ1) is 19.4. The van der Waals surface area contributed by atoms with Crippen LogP contribution in [0.1, 0.15) is 31.2 Å². The number of imidazole rings is 1. The van der Waals surface area contributed by atoms with E-state index in [2.05, 4.69) is 26.9 Å². The highest BCUT2D eigenvalue weighted by atomic mass is 19.1. The fourth-order valence-electron chi connectivity index (χ4n) is 3.98. The summed E-state index contributed by atoms with van der Waals surface area (Å²) in [6.45, 7) is 3.74. The predicted octanol–water partition coefficient (Wildman–Crippen LogP) is 4.40. The van der Waals surface area contributed by atoms with Crippen molar-refractivity contribution in [2.24, 2.45) is 0 Å². The Morgan fingerprint density at radius 1 is 1.10 bits per heavy atom. The van der Waals surface area contributed by atoms with Crippen LogP contribution in [0.2, 0.25) is 0 Å². The van der Waals surface area contributed by atoms with Gasteiger partial charge in [-0.05, 0) is 55.6 Å². The van der Waals surface area contributed by atoms with Crippen LogP contribution < -0.4 is 5.32 Å². The second-order valence-corrected chi connectivity index (χ2v) is 7.66. The molecule has 0 unspecified atom stereocenters. The number of halogens is 1. The number of hydrogen-bond acceptors (Lipinski definition) is 4.